The minimum Gasteiger partial charge on any atom is -0.508 e. The van der Waals surface area contributed by atoms with Crippen molar-refractivity contribution in [3.05, 3.63) is 113 Å². The molecule has 2 N–H and O–H groups in total. The molecule has 3 saturated heterocycles. The van der Waals surface area contributed by atoms with Crippen LogP contribution in [-0.4, -0.2) is 95.5 Å². The molecule has 0 bridgehead atoms. The van der Waals surface area contributed by atoms with Crippen molar-refractivity contribution >= 4 is 23.4 Å². The lowest BCUT2D eigenvalue weighted by Crippen LogP contribution is -2.52. The van der Waals surface area contributed by atoms with Crippen LogP contribution >= 0.6 is 0 Å². The number of hydrogen-bond acceptors (Lipinski definition) is 8. The number of amides is 3. The van der Waals surface area contributed by atoms with Crippen LogP contribution in [0.1, 0.15) is 77.9 Å². The highest BCUT2D eigenvalue weighted by Gasteiger charge is 2.43. The number of carbonyl (C=O) groups excluding carboxylic acids is 3. The standard InChI is InChI=1S/C45H50FN5O5/c1-28-42(30-5-3-2-4-6-30)43(36-11-9-34(52)25-40(36)56-28)31-7-12-38(37(46)24-31)50-17-15-29(16-18-50)26-48-19-21-49(22-20-48)33-8-10-35-32(23-33)27-51(45(35)55)39-13-14-41(53)47-44(39)54/h2-6,8-12,23-25,28-29,31,39,42-43,52H,7,13-22,26-27H2,1H3,(H,47,53,54)/t28-,31?,39-,42+,43+/m0/s1. The van der Waals surface area contributed by atoms with Crippen molar-refractivity contribution in [3.8, 4) is 11.5 Å². The molecule has 0 saturated carbocycles. The predicted molar refractivity (Wildman–Crippen MR) is 211 cm³/mol. The number of likely N-dealkylation sites (tertiary alicyclic amines) is 1. The number of fused-ring (bicyclic) bond motifs is 2. The van der Waals surface area contributed by atoms with E-state index in [1.54, 1.807) is 17.0 Å². The second kappa shape index (κ2) is 15.1. The lowest BCUT2D eigenvalue weighted by atomic mass is 9.68. The van der Waals surface area contributed by atoms with Gasteiger partial charge in [0, 0.05) is 87.9 Å². The average Bonchev–Trinajstić information content (AvgIpc) is 3.53. The number of allylic oxidation sites excluding steroid dienone is 3. The van der Waals surface area contributed by atoms with Gasteiger partial charge in [0.05, 0.1) is 5.70 Å². The number of phenols is 1. The number of halogens is 1. The molecule has 11 heteroatoms. The van der Waals surface area contributed by atoms with Gasteiger partial charge in [-0.3, -0.25) is 24.6 Å². The Morgan fingerprint density at radius 2 is 1.66 bits per heavy atom. The molecule has 9 rings (SSSR count). The second-order valence-electron chi connectivity index (χ2n) is 16.5. The van der Waals surface area contributed by atoms with Gasteiger partial charge in [-0.2, -0.15) is 0 Å². The Hall–Kier alpha value is -5.16. The van der Waals surface area contributed by atoms with E-state index >= 15 is 4.39 Å². The van der Waals surface area contributed by atoms with Gasteiger partial charge in [-0.05, 0) is 91.5 Å². The van der Waals surface area contributed by atoms with E-state index in [4.69, 9.17) is 4.74 Å². The van der Waals surface area contributed by atoms with Crippen LogP contribution in [0.15, 0.2) is 90.4 Å². The van der Waals surface area contributed by atoms with Crippen LogP contribution in [0, 0.1) is 11.8 Å². The Balaban J connectivity index is 0.782. The van der Waals surface area contributed by atoms with E-state index in [-0.39, 0.29) is 59.6 Å². The van der Waals surface area contributed by atoms with E-state index in [0.29, 0.717) is 30.2 Å². The Kier molecular flexibility index (Phi) is 9.81. The molecule has 5 heterocycles. The van der Waals surface area contributed by atoms with Crippen LogP contribution in [0.5, 0.6) is 11.5 Å². The van der Waals surface area contributed by atoms with Crippen LogP contribution < -0.4 is 15.0 Å². The molecule has 0 aromatic heterocycles. The fourth-order valence-corrected chi connectivity index (χ4v) is 10.2. The summed E-state index contributed by atoms with van der Waals surface area (Å²) in [5, 5.41) is 12.6. The molecular weight excluding hydrogens is 710 g/mol. The van der Waals surface area contributed by atoms with Crippen molar-refractivity contribution in [2.24, 2.45) is 11.8 Å². The average molecular weight is 760 g/mol. The summed E-state index contributed by atoms with van der Waals surface area (Å²) in [4.78, 5) is 46.0. The number of aromatic hydroxyl groups is 1. The first-order valence-corrected chi connectivity index (χ1v) is 20.3. The highest BCUT2D eigenvalue weighted by molar-refractivity contribution is 6.05. The number of anilines is 1. The Morgan fingerprint density at radius 1 is 0.875 bits per heavy atom. The van der Waals surface area contributed by atoms with E-state index in [0.717, 1.165) is 87.6 Å². The third kappa shape index (κ3) is 6.95. The van der Waals surface area contributed by atoms with Crippen LogP contribution in [-0.2, 0) is 16.1 Å². The Morgan fingerprint density at radius 3 is 2.41 bits per heavy atom. The lowest BCUT2D eigenvalue weighted by Gasteiger charge is -2.43. The van der Waals surface area contributed by atoms with E-state index in [1.165, 1.54) is 5.56 Å². The van der Waals surface area contributed by atoms with Crippen LogP contribution in [0.25, 0.3) is 0 Å². The molecular formula is C45H50FN5O5. The fraction of sp³-hybridized carbons (Fsp3) is 0.444. The van der Waals surface area contributed by atoms with Gasteiger partial charge >= 0.3 is 0 Å². The van der Waals surface area contributed by atoms with Gasteiger partial charge in [-0.25, -0.2) is 4.39 Å². The predicted octanol–water partition coefficient (Wildman–Crippen LogP) is 6.09. The number of benzene rings is 3. The van der Waals surface area contributed by atoms with E-state index in [1.807, 2.05) is 42.5 Å². The number of nitrogens with zero attached hydrogens (tertiary/aromatic N) is 4. The van der Waals surface area contributed by atoms with Gasteiger partial charge in [0.2, 0.25) is 11.8 Å². The van der Waals surface area contributed by atoms with Crippen molar-refractivity contribution in [3.63, 3.8) is 0 Å². The molecule has 3 amide bonds. The quantitative estimate of drug-likeness (QED) is 0.279. The van der Waals surface area contributed by atoms with Crippen molar-refractivity contribution in [1.29, 1.82) is 0 Å². The molecule has 3 fully saturated rings. The highest BCUT2D eigenvalue weighted by Crippen LogP contribution is 2.52. The largest absolute Gasteiger partial charge is 0.508 e. The minimum absolute atomic E-state index is 0.00811. The maximum absolute atomic E-state index is 16.2. The summed E-state index contributed by atoms with van der Waals surface area (Å²) >= 11 is 0. The number of hydrogen-bond donors (Lipinski definition) is 2. The summed E-state index contributed by atoms with van der Waals surface area (Å²) in [5.74, 6) is 0.483. The maximum Gasteiger partial charge on any atom is 0.255 e. The number of piperidine rings is 2. The van der Waals surface area contributed by atoms with Crippen LogP contribution in [0.2, 0.25) is 0 Å². The summed E-state index contributed by atoms with van der Waals surface area (Å²) < 4.78 is 22.5. The van der Waals surface area contributed by atoms with Gasteiger partial charge in [0.25, 0.3) is 5.91 Å². The lowest BCUT2D eigenvalue weighted by molar-refractivity contribution is -0.136. The van der Waals surface area contributed by atoms with Gasteiger partial charge in [0.1, 0.15) is 29.5 Å². The molecule has 5 atom stereocenters. The monoisotopic (exact) mass is 759 g/mol. The molecule has 1 aliphatic carbocycles. The third-order valence-electron chi connectivity index (χ3n) is 13.1. The zero-order valence-corrected chi connectivity index (χ0v) is 31.9. The topological polar surface area (TPSA) is 106 Å². The number of piperazine rings is 1. The molecule has 0 radical (unpaired) electrons. The van der Waals surface area contributed by atoms with E-state index in [9.17, 15) is 19.5 Å². The highest BCUT2D eigenvalue weighted by atomic mass is 19.1. The zero-order valence-electron chi connectivity index (χ0n) is 31.9. The van der Waals surface area contributed by atoms with Crippen molar-refractivity contribution < 1.29 is 28.6 Å². The third-order valence-corrected chi connectivity index (χ3v) is 13.1. The van der Waals surface area contributed by atoms with E-state index in [2.05, 4.69) is 51.2 Å². The normalized spacial score (nSPS) is 27.3. The number of imide groups is 1. The molecule has 0 spiro atoms. The molecule has 5 aliphatic heterocycles. The fourth-order valence-electron chi connectivity index (χ4n) is 10.2. The summed E-state index contributed by atoms with van der Waals surface area (Å²) in [6.07, 6.45) is 7.24. The zero-order chi connectivity index (χ0) is 38.5. The molecule has 6 aliphatic rings. The van der Waals surface area contributed by atoms with Gasteiger partial charge < -0.3 is 24.5 Å². The molecule has 3 aromatic rings. The number of carbonyl (C=O) groups is 3. The minimum atomic E-state index is -0.607. The Labute approximate surface area is 327 Å². The molecule has 3 aromatic carbocycles. The van der Waals surface area contributed by atoms with Crippen molar-refractivity contribution in [2.45, 2.75) is 69.6 Å². The van der Waals surface area contributed by atoms with Crippen LogP contribution in [0.4, 0.5) is 10.1 Å². The summed E-state index contributed by atoms with van der Waals surface area (Å²) in [6, 6.07) is 21.1. The summed E-state index contributed by atoms with van der Waals surface area (Å²) in [7, 11) is 0. The molecule has 10 nitrogen and oxygen atoms in total. The summed E-state index contributed by atoms with van der Waals surface area (Å²) in [5.41, 5.74) is 5.59. The number of nitrogens with one attached hydrogen (secondary N) is 1. The van der Waals surface area contributed by atoms with Crippen LogP contribution in [0.3, 0.4) is 0 Å². The van der Waals surface area contributed by atoms with Crippen molar-refractivity contribution in [2.75, 3.05) is 50.7 Å². The smallest absolute Gasteiger partial charge is 0.255 e. The second-order valence-corrected chi connectivity index (χ2v) is 16.5. The van der Waals surface area contributed by atoms with Gasteiger partial charge in [-0.1, -0.05) is 42.5 Å². The van der Waals surface area contributed by atoms with Crippen molar-refractivity contribution in [1.82, 2.24) is 20.0 Å². The van der Waals surface area contributed by atoms with Gasteiger partial charge in [0.15, 0.2) is 0 Å². The number of rotatable bonds is 7. The first kappa shape index (κ1) is 36.5. The van der Waals surface area contributed by atoms with E-state index < -0.39 is 6.04 Å². The molecule has 1 unspecified atom stereocenters. The number of ether oxygens (including phenoxy) is 1. The first-order chi connectivity index (χ1) is 27.2. The first-order valence-electron chi connectivity index (χ1n) is 20.3. The molecule has 56 heavy (non-hydrogen) atoms. The van der Waals surface area contributed by atoms with Gasteiger partial charge in [-0.15, -0.1) is 0 Å². The Bertz CT molecular complexity index is 2070. The maximum atomic E-state index is 16.2. The SMILES string of the molecule is C[C@@H]1Oc2cc(O)ccc2[C@@H](C2C=C(F)C(N3CCC(CN4CCN(c5ccc6c(c5)CN([C@H]5CCC(=O)NC5=O)C6=O)CC4)CC3)=CC2)[C@H]1c1ccccc1. The summed E-state index contributed by atoms with van der Waals surface area (Å²) in [6.45, 7) is 8.90. The number of phenolic OH excluding ortho intramolecular Hbond substituents is 1. The molecule has 292 valence electrons.